The lowest BCUT2D eigenvalue weighted by atomic mass is 9.92. The Bertz CT molecular complexity index is 2840. The molecule has 7 N–H and O–H groups in total. The zero-order valence-corrected chi connectivity index (χ0v) is 46.1. The lowest BCUT2D eigenvalue weighted by Crippen LogP contribution is -2.59. The average molecular weight is 1090 g/mol. The van der Waals surface area contributed by atoms with Crippen LogP contribution in [-0.2, 0) is 35.3 Å². The SMILES string of the molecule is CCC(NC)C(=O)NC1C(=O)N2C(CCC1CNC(=O)c1cn(CC3CCC4CCC(C(=O)NC(c5ccccc5)c5ccccc5)N4C(=O)C3NC(=O)C(CC)NC)nn1)CCC2C(=O)NC(c1ccccc1)c1ccccc1. The molecule has 4 aliphatic rings. The van der Waals surface area contributed by atoms with Crippen molar-refractivity contribution in [2.45, 2.75) is 145 Å². The Kier molecular flexibility index (Phi) is 18.8. The van der Waals surface area contributed by atoms with Crippen LogP contribution in [0.15, 0.2) is 128 Å². The van der Waals surface area contributed by atoms with Gasteiger partial charge in [-0.3, -0.25) is 38.2 Å². The van der Waals surface area contributed by atoms with Crippen molar-refractivity contribution in [1.29, 1.82) is 0 Å². The molecule has 422 valence electrons. The summed E-state index contributed by atoms with van der Waals surface area (Å²) in [6.07, 6.45) is 6.72. The fourth-order valence-corrected chi connectivity index (χ4v) is 12.5. The van der Waals surface area contributed by atoms with Crippen molar-refractivity contribution >= 4 is 41.4 Å². The zero-order chi connectivity index (χ0) is 56.3. The van der Waals surface area contributed by atoms with Gasteiger partial charge in [0.25, 0.3) is 5.91 Å². The molecule has 10 unspecified atom stereocenters. The minimum absolute atomic E-state index is 0.000935. The van der Waals surface area contributed by atoms with E-state index < -0.39 is 66.1 Å². The molecule has 19 heteroatoms. The van der Waals surface area contributed by atoms with Gasteiger partial charge in [0.2, 0.25) is 35.4 Å². The summed E-state index contributed by atoms with van der Waals surface area (Å²) in [4.78, 5) is 104. The summed E-state index contributed by atoms with van der Waals surface area (Å²) in [5.41, 5.74) is 3.62. The molecular weight excluding hydrogens is 1010 g/mol. The number of benzene rings is 4. The highest BCUT2D eigenvalue weighted by atomic mass is 16.2. The second-order valence-corrected chi connectivity index (χ2v) is 21.7. The molecule has 0 saturated carbocycles. The van der Waals surface area contributed by atoms with Crippen molar-refractivity contribution < 1.29 is 33.6 Å². The number of nitrogens with zero attached hydrogens (tertiary/aromatic N) is 5. The van der Waals surface area contributed by atoms with Gasteiger partial charge < -0.3 is 47.0 Å². The number of rotatable bonds is 21. The summed E-state index contributed by atoms with van der Waals surface area (Å²) in [6.45, 7) is 3.90. The fourth-order valence-electron chi connectivity index (χ4n) is 12.5. The first-order valence-corrected chi connectivity index (χ1v) is 28.5. The van der Waals surface area contributed by atoms with E-state index >= 15 is 4.79 Å². The van der Waals surface area contributed by atoms with E-state index in [4.69, 9.17) is 0 Å². The smallest absolute Gasteiger partial charge is 0.273 e. The monoisotopic (exact) mass is 1090 g/mol. The Balaban J connectivity index is 0.899. The summed E-state index contributed by atoms with van der Waals surface area (Å²) in [5, 5.41) is 30.2. The van der Waals surface area contributed by atoms with Gasteiger partial charge in [-0.15, -0.1) is 5.10 Å². The lowest BCUT2D eigenvalue weighted by Gasteiger charge is -2.33. The highest BCUT2D eigenvalue weighted by molar-refractivity contribution is 5.96. The average Bonchev–Trinajstić information content (AvgIpc) is 4.24. The maximum absolute atomic E-state index is 15.1. The molecule has 4 saturated heterocycles. The predicted molar refractivity (Wildman–Crippen MR) is 301 cm³/mol. The van der Waals surface area contributed by atoms with Gasteiger partial charge in [-0.1, -0.05) is 140 Å². The minimum Gasteiger partial charge on any atom is -0.350 e. The quantitative estimate of drug-likeness (QED) is 0.0546. The number of aromatic nitrogens is 3. The molecule has 4 fully saturated rings. The van der Waals surface area contributed by atoms with E-state index in [-0.39, 0.29) is 66.3 Å². The van der Waals surface area contributed by atoms with Crippen LogP contribution in [-0.4, -0.2) is 135 Å². The van der Waals surface area contributed by atoms with E-state index in [2.05, 4.69) is 47.5 Å². The zero-order valence-electron chi connectivity index (χ0n) is 46.1. The topological polar surface area (TPSA) is 241 Å². The lowest BCUT2D eigenvalue weighted by molar-refractivity contribution is -0.144. The van der Waals surface area contributed by atoms with Gasteiger partial charge in [0.1, 0.15) is 24.2 Å². The maximum atomic E-state index is 15.1. The Morgan fingerprint density at radius 1 is 0.537 bits per heavy atom. The molecule has 0 spiro atoms. The summed E-state index contributed by atoms with van der Waals surface area (Å²) < 4.78 is 1.51. The molecule has 0 radical (unpaired) electrons. The fraction of sp³-hybridized carbons (Fsp3) is 0.459. The van der Waals surface area contributed by atoms with Gasteiger partial charge in [-0.05, 0) is 101 Å². The van der Waals surface area contributed by atoms with Crippen LogP contribution in [0.4, 0.5) is 0 Å². The number of hydrogen-bond acceptors (Lipinski definition) is 11. The third kappa shape index (κ3) is 12.8. The van der Waals surface area contributed by atoms with Gasteiger partial charge in [-0.2, -0.15) is 0 Å². The Labute approximate surface area is 468 Å². The summed E-state index contributed by atoms with van der Waals surface area (Å²) in [7, 11) is 3.38. The molecule has 10 atom stereocenters. The second kappa shape index (κ2) is 26.5. The van der Waals surface area contributed by atoms with E-state index in [1.807, 2.05) is 135 Å². The highest BCUT2D eigenvalue weighted by Gasteiger charge is 2.50. The van der Waals surface area contributed by atoms with Gasteiger partial charge in [0.15, 0.2) is 5.69 Å². The van der Waals surface area contributed by atoms with Gasteiger partial charge in [0, 0.05) is 37.0 Å². The van der Waals surface area contributed by atoms with Crippen molar-refractivity contribution in [1.82, 2.24) is 62.0 Å². The van der Waals surface area contributed by atoms with E-state index in [1.54, 1.807) is 23.9 Å². The van der Waals surface area contributed by atoms with Crippen LogP contribution in [0.2, 0.25) is 0 Å². The summed E-state index contributed by atoms with van der Waals surface area (Å²) in [5.74, 6) is -3.55. The highest BCUT2D eigenvalue weighted by Crippen LogP contribution is 2.37. The van der Waals surface area contributed by atoms with E-state index in [0.717, 1.165) is 22.3 Å². The van der Waals surface area contributed by atoms with Crippen LogP contribution in [0.5, 0.6) is 0 Å². The van der Waals surface area contributed by atoms with Gasteiger partial charge in [-0.25, -0.2) is 0 Å². The molecule has 80 heavy (non-hydrogen) atoms. The van der Waals surface area contributed by atoms with Crippen molar-refractivity contribution in [3.63, 3.8) is 0 Å². The number of carbonyl (C=O) groups is 7. The Hall–Kier alpha value is -7.77. The van der Waals surface area contributed by atoms with Crippen molar-refractivity contribution in [2.24, 2.45) is 11.8 Å². The van der Waals surface area contributed by atoms with Crippen LogP contribution in [0.1, 0.15) is 123 Å². The van der Waals surface area contributed by atoms with Crippen molar-refractivity contribution in [2.75, 3.05) is 20.6 Å². The maximum Gasteiger partial charge on any atom is 0.273 e. The molecule has 4 aromatic carbocycles. The van der Waals surface area contributed by atoms with Gasteiger partial charge in [0.05, 0.1) is 30.4 Å². The molecule has 4 aliphatic heterocycles. The van der Waals surface area contributed by atoms with Crippen LogP contribution in [0, 0.1) is 11.8 Å². The van der Waals surface area contributed by atoms with E-state index in [9.17, 15) is 28.8 Å². The van der Waals surface area contributed by atoms with Crippen LogP contribution in [0.3, 0.4) is 0 Å². The molecule has 9 rings (SSSR count). The Morgan fingerprint density at radius 2 is 0.925 bits per heavy atom. The third-order valence-corrected chi connectivity index (χ3v) is 16.9. The molecule has 0 aliphatic carbocycles. The Morgan fingerprint density at radius 3 is 1.32 bits per heavy atom. The molecular formula is C61H76N12O7. The number of hydrogen-bond donors (Lipinski definition) is 7. The number of amides is 7. The minimum atomic E-state index is -1.05. The molecule has 1 aromatic heterocycles. The van der Waals surface area contributed by atoms with E-state index in [0.29, 0.717) is 64.2 Å². The van der Waals surface area contributed by atoms with Crippen LogP contribution >= 0.6 is 0 Å². The largest absolute Gasteiger partial charge is 0.350 e. The van der Waals surface area contributed by atoms with Crippen molar-refractivity contribution in [3.8, 4) is 0 Å². The normalized spacial score (nSPS) is 23.5. The first kappa shape index (κ1) is 56.9. The standard InChI is InChI=1S/C61H76N12O7/c1-5-46(62-3)56(75)67-53-42(27-29-44-31-33-49(72(44)60(53)79)58(77)65-51(38-19-11-7-12-20-38)39-21-13-8-14-22-39)35-64-55(74)48-37-71(70-69-48)36-43-28-30-45-32-34-50(73(45)61(80)54(43)68-57(76)47(6-2)63-4)59(78)66-52(40-23-15-9-16-24-40)41-25-17-10-18-26-41/h7-26,37,42-47,49-54,62-63H,5-6,27-36H2,1-4H3,(H,64,74)(H,65,77)(H,66,78)(H,67,75)(H,68,76). The number of carbonyl (C=O) groups excluding carboxylic acids is 7. The molecule has 0 bridgehead atoms. The molecule has 5 heterocycles. The molecule has 5 aromatic rings. The van der Waals surface area contributed by atoms with Crippen LogP contribution in [0.25, 0.3) is 0 Å². The summed E-state index contributed by atoms with van der Waals surface area (Å²) in [6, 6.07) is 32.7. The second-order valence-electron chi connectivity index (χ2n) is 21.7. The number of likely N-dealkylation sites (N-methyl/N-ethyl adjacent to an activating group) is 2. The molecule has 7 amide bonds. The third-order valence-electron chi connectivity index (χ3n) is 16.9. The predicted octanol–water partition coefficient (Wildman–Crippen LogP) is 4.32. The van der Waals surface area contributed by atoms with Crippen LogP contribution < -0.4 is 37.2 Å². The van der Waals surface area contributed by atoms with Crippen molar-refractivity contribution in [3.05, 3.63) is 155 Å². The first-order valence-electron chi connectivity index (χ1n) is 28.5. The molecule has 19 nitrogen and oxygen atoms in total. The van der Waals surface area contributed by atoms with Gasteiger partial charge >= 0.3 is 0 Å². The first-order chi connectivity index (χ1) is 38.9. The number of nitrogens with one attached hydrogen (secondary N) is 7. The summed E-state index contributed by atoms with van der Waals surface area (Å²) >= 11 is 0. The van der Waals surface area contributed by atoms with E-state index in [1.165, 1.54) is 10.9 Å². The number of fused-ring (bicyclic) bond motifs is 2.